The van der Waals surface area contributed by atoms with Crippen LogP contribution in [0.1, 0.15) is 16.2 Å². The highest BCUT2D eigenvalue weighted by molar-refractivity contribution is 5.91. The molecule has 0 unspecified atom stereocenters. The Morgan fingerprint density at radius 2 is 1.90 bits per heavy atom. The smallest absolute Gasteiger partial charge is 0.292 e. The van der Waals surface area contributed by atoms with Gasteiger partial charge in [-0.25, -0.2) is 0 Å². The van der Waals surface area contributed by atoms with Gasteiger partial charge in [0.15, 0.2) is 0 Å². The summed E-state index contributed by atoms with van der Waals surface area (Å²) in [5.74, 6) is 0.236. The lowest BCUT2D eigenvalue weighted by atomic mass is 10.2. The van der Waals surface area contributed by atoms with E-state index in [-0.39, 0.29) is 5.91 Å². The van der Waals surface area contributed by atoms with Gasteiger partial charge in [-0.05, 0) is 19.1 Å². The largest absolute Gasteiger partial charge is 0.368 e. The molecule has 6 nitrogen and oxygen atoms in total. The average Bonchev–Trinajstić information content (AvgIpc) is 2.94. The predicted molar refractivity (Wildman–Crippen MR) is 73.6 cm³/mol. The van der Waals surface area contributed by atoms with Crippen LogP contribution in [0.3, 0.4) is 0 Å². The third-order valence-corrected chi connectivity index (χ3v) is 3.43. The number of nitrogens with zero attached hydrogens (tertiary/aromatic N) is 4. The molecule has 1 aliphatic heterocycles. The first kappa shape index (κ1) is 12.7. The molecule has 20 heavy (non-hydrogen) atoms. The molecule has 1 saturated heterocycles. The van der Waals surface area contributed by atoms with Gasteiger partial charge in [0.05, 0.1) is 5.69 Å². The van der Waals surface area contributed by atoms with Crippen LogP contribution in [0.15, 0.2) is 35.1 Å². The average molecular weight is 272 g/mol. The number of pyridine rings is 1. The zero-order valence-electron chi connectivity index (χ0n) is 11.3. The Labute approximate surface area is 117 Å². The van der Waals surface area contributed by atoms with Crippen LogP contribution in [0.5, 0.6) is 0 Å². The summed E-state index contributed by atoms with van der Waals surface area (Å²) in [6, 6.07) is 5.64. The minimum atomic E-state index is -0.0834. The molecule has 3 rings (SSSR count). The lowest BCUT2D eigenvalue weighted by Crippen LogP contribution is -2.48. The van der Waals surface area contributed by atoms with Gasteiger partial charge in [-0.3, -0.25) is 9.78 Å². The summed E-state index contributed by atoms with van der Waals surface area (Å²) in [4.78, 5) is 20.3. The Morgan fingerprint density at radius 3 is 2.50 bits per heavy atom. The van der Waals surface area contributed by atoms with Crippen LogP contribution < -0.4 is 4.90 Å². The number of rotatable bonds is 2. The van der Waals surface area contributed by atoms with Gasteiger partial charge in [0, 0.05) is 50.3 Å². The highest BCUT2D eigenvalue weighted by atomic mass is 16.5. The zero-order chi connectivity index (χ0) is 13.9. The van der Waals surface area contributed by atoms with E-state index in [0.717, 1.165) is 24.5 Å². The molecule has 1 amide bonds. The summed E-state index contributed by atoms with van der Waals surface area (Å²) in [6.07, 6.45) is 3.56. The lowest BCUT2D eigenvalue weighted by Gasteiger charge is -2.35. The number of hydrogen-bond donors (Lipinski definition) is 0. The van der Waals surface area contributed by atoms with Crippen molar-refractivity contribution in [2.45, 2.75) is 6.92 Å². The van der Waals surface area contributed by atoms with E-state index >= 15 is 0 Å². The summed E-state index contributed by atoms with van der Waals surface area (Å²) >= 11 is 0. The minimum absolute atomic E-state index is 0.0834. The van der Waals surface area contributed by atoms with E-state index in [0.29, 0.717) is 18.8 Å². The Bertz CT molecular complexity index is 588. The molecule has 6 heteroatoms. The van der Waals surface area contributed by atoms with Crippen molar-refractivity contribution < 1.29 is 9.32 Å². The normalized spacial score (nSPS) is 15.4. The molecule has 0 spiro atoms. The zero-order valence-corrected chi connectivity index (χ0v) is 11.3. The van der Waals surface area contributed by atoms with Gasteiger partial charge in [0.1, 0.15) is 0 Å². The molecular formula is C14H16N4O2. The van der Waals surface area contributed by atoms with Crippen molar-refractivity contribution in [2.24, 2.45) is 0 Å². The molecule has 0 aliphatic carbocycles. The maximum Gasteiger partial charge on any atom is 0.292 e. The van der Waals surface area contributed by atoms with Gasteiger partial charge >= 0.3 is 0 Å². The SMILES string of the molecule is Cc1cc(C(=O)N2CCN(c3ccncc3)CC2)on1. The first-order valence-electron chi connectivity index (χ1n) is 6.61. The molecule has 2 aromatic heterocycles. The van der Waals surface area contributed by atoms with Gasteiger partial charge in [0.2, 0.25) is 5.76 Å². The molecule has 0 radical (unpaired) electrons. The molecule has 3 heterocycles. The summed E-state index contributed by atoms with van der Waals surface area (Å²) in [5, 5.41) is 3.76. The lowest BCUT2D eigenvalue weighted by molar-refractivity contribution is 0.0704. The van der Waals surface area contributed by atoms with Crippen LogP contribution >= 0.6 is 0 Å². The van der Waals surface area contributed by atoms with Crippen molar-refractivity contribution in [3.05, 3.63) is 42.0 Å². The van der Waals surface area contributed by atoms with Crippen molar-refractivity contribution in [1.82, 2.24) is 15.0 Å². The van der Waals surface area contributed by atoms with Crippen LogP contribution in [-0.2, 0) is 0 Å². The molecule has 0 bridgehead atoms. The molecule has 2 aromatic rings. The van der Waals surface area contributed by atoms with Crippen LogP contribution in [0.4, 0.5) is 5.69 Å². The van der Waals surface area contributed by atoms with Gasteiger partial charge in [0.25, 0.3) is 5.91 Å². The van der Waals surface area contributed by atoms with Crippen molar-refractivity contribution in [2.75, 3.05) is 31.1 Å². The summed E-state index contributed by atoms with van der Waals surface area (Å²) < 4.78 is 5.03. The minimum Gasteiger partial charge on any atom is -0.368 e. The van der Waals surface area contributed by atoms with Crippen molar-refractivity contribution in [3.63, 3.8) is 0 Å². The standard InChI is InChI=1S/C14H16N4O2/c1-11-10-13(20-16-11)14(19)18-8-6-17(7-9-18)12-2-4-15-5-3-12/h2-5,10H,6-9H2,1H3. The first-order chi connectivity index (χ1) is 9.74. The van der Waals surface area contributed by atoms with E-state index in [1.165, 1.54) is 0 Å². The second kappa shape index (κ2) is 5.32. The monoisotopic (exact) mass is 272 g/mol. The fourth-order valence-corrected chi connectivity index (χ4v) is 2.34. The van der Waals surface area contributed by atoms with E-state index in [9.17, 15) is 4.79 Å². The summed E-state index contributed by atoms with van der Waals surface area (Å²) in [7, 11) is 0. The Morgan fingerprint density at radius 1 is 1.20 bits per heavy atom. The molecular weight excluding hydrogens is 256 g/mol. The third kappa shape index (κ3) is 2.49. The molecule has 1 fully saturated rings. The van der Waals surface area contributed by atoms with E-state index in [1.807, 2.05) is 19.1 Å². The van der Waals surface area contributed by atoms with Gasteiger partial charge in [-0.2, -0.15) is 0 Å². The Kier molecular flexibility index (Phi) is 3.37. The maximum absolute atomic E-state index is 12.2. The fourth-order valence-electron chi connectivity index (χ4n) is 2.34. The highest BCUT2D eigenvalue weighted by Gasteiger charge is 2.24. The molecule has 0 aromatic carbocycles. The van der Waals surface area contributed by atoms with Crippen LogP contribution in [0.2, 0.25) is 0 Å². The van der Waals surface area contributed by atoms with Crippen molar-refractivity contribution >= 4 is 11.6 Å². The van der Waals surface area contributed by atoms with Crippen molar-refractivity contribution in [1.29, 1.82) is 0 Å². The molecule has 0 N–H and O–H groups in total. The van der Waals surface area contributed by atoms with Crippen LogP contribution in [0, 0.1) is 6.92 Å². The Hall–Kier alpha value is -2.37. The molecule has 1 aliphatic rings. The van der Waals surface area contributed by atoms with Crippen molar-refractivity contribution in [3.8, 4) is 0 Å². The van der Waals surface area contributed by atoms with Gasteiger partial charge in [-0.1, -0.05) is 5.16 Å². The summed E-state index contributed by atoms with van der Waals surface area (Å²) in [5.41, 5.74) is 1.87. The van der Waals surface area contributed by atoms with E-state index in [1.54, 1.807) is 23.4 Å². The quantitative estimate of drug-likeness (QED) is 0.825. The number of aryl methyl sites for hydroxylation is 1. The van der Waals surface area contributed by atoms with E-state index in [4.69, 9.17) is 4.52 Å². The molecule has 0 saturated carbocycles. The number of anilines is 1. The van der Waals surface area contributed by atoms with Gasteiger partial charge in [-0.15, -0.1) is 0 Å². The number of hydrogen-bond acceptors (Lipinski definition) is 5. The predicted octanol–water partition coefficient (Wildman–Crippen LogP) is 1.34. The van der Waals surface area contributed by atoms with Gasteiger partial charge < -0.3 is 14.3 Å². The summed E-state index contributed by atoms with van der Waals surface area (Å²) in [6.45, 7) is 4.79. The number of carbonyl (C=O) groups excluding carboxylic acids is 1. The first-order valence-corrected chi connectivity index (χ1v) is 6.61. The van der Waals surface area contributed by atoms with Crippen LogP contribution in [-0.4, -0.2) is 47.1 Å². The second-order valence-corrected chi connectivity index (χ2v) is 4.82. The molecule has 104 valence electrons. The number of carbonyl (C=O) groups is 1. The fraction of sp³-hybridized carbons (Fsp3) is 0.357. The number of piperazine rings is 1. The third-order valence-electron chi connectivity index (χ3n) is 3.43. The number of aromatic nitrogens is 2. The number of amides is 1. The maximum atomic E-state index is 12.2. The highest BCUT2D eigenvalue weighted by Crippen LogP contribution is 2.16. The topological polar surface area (TPSA) is 62.5 Å². The Balaban J connectivity index is 1.63. The van der Waals surface area contributed by atoms with E-state index < -0.39 is 0 Å². The van der Waals surface area contributed by atoms with Crippen LogP contribution in [0.25, 0.3) is 0 Å². The van der Waals surface area contributed by atoms with E-state index in [2.05, 4.69) is 15.0 Å². The second-order valence-electron chi connectivity index (χ2n) is 4.82. The molecule has 0 atom stereocenters.